The van der Waals surface area contributed by atoms with Gasteiger partial charge in [-0.2, -0.15) is 0 Å². The van der Waals surface area contributed by atoms with Crippen molar-refractivity contribution in [3.63, 3.8) is 0 Å². The zero-order valence-corrected chi connectivity index (χ0v) is 17.5. The van der Waals surface area contributed by atoms with Crippen molar-refractivity contribution in [1.82, 2.24) is 0 Å². The van der Waals surface area contributed by atoms with Gasteiger partial charge in [0.25, 0.3) is 5.91 Å². The summed E-state index contributed by atoms with van der Waals surface area (Å²) < 4.78 is 11.2. The van der Waals surface area contributed by atoms with Crippen LogP contribution in [0.15, 0.2) is 72.8 Å². The van der Waals surface area contributed by atoms with Crippen LogP contribution in [0.25, 0.3) is 11.6 Å². The summed E-state index contributed by atoms with van der Waals surface area (Å²) in [6.45, 7) is 3.19. The topological polar surface area (TPSA) is 42.0 Å². The first-order valence-electron chi connectivity index (χ1n) is 10.5. The highest BCUT2D eigenvalue weighted by Gasteiger charge is 2.33. The SMILES string of the molecule is COc1cc(N2CCOCC2)ccc1/C=C1/C(=O)N(c2ccccc2)c2ccccc21. The number of para-hydroxylation sites is 2. The molecule has 1 fully saturated rings. The predicted molar refractivity (Wildman–Crippen MR) is 124 cm³/mol. The van der Waals surface area contributed by atoms with Crippen molar-refractivity contribution in [3.05, 3.63) is 83.9 Å². The lowest BCUT2D eigenvalue weighted by molar-refractivity contribution is -0.112. The number of anilines is 3. The van der Waals surface area contributed by atoms with Gasteiger partial charge in [0.15, 0.2) is 0 Å². The van der Waals surface area contributed by atoms with Crippen LogP contribution in [0.5, 0.6) is 5.75 Å². The number of carbonyl (C=O) groups excluding carboxylic acids is 1. The van der Waals surface area contributed by atoms with Crippen molar-refractivity contribution in [3.8, 4) is 5.75 Å². The van der Waals surface area contributed by atoms with Crippen molar-refractivity contribution < 1.29 is 14.3 Å². The summed E-state index contributed by atoms with van der Waals surface area (Å²) in [4.78, 5) is 17.5. The average Bonchev–Trinajstić information content (AvgIpc) is 3.11. The van der Waals surface area contributed by atoms with Crippen LogP contribution in [-0.4, -0.2) is 39.3 Å². The molecule has 1 saturated heterocycles. The van der Waals surface area contributed by atoms with Crippen molar-refractivity contribution in [1.29, 1.82) is 0 Å². The molecule has 0 saturated carbocycles. The molecule has 3 aromatic rings. The summed E-state index contributed by atoms with van der Waals surface area (Å²) in [5.74, 6) is 0.714. The van der Waals surface area contributed by atoms with Gasteiger partial charge in [0, 0.05) is 41.7 Å². The van der Waals surface area contributed by atoms with Crippen molar-refractivity contribution in [2.24, 2.45) is 0 Å². The van der Waals surface area contributed by atoms with E-state index >= 15 is 0 Å². The first-order chi connectivity index (χ1) is 15.3. The summed E-state index contributed by atoms with van der Waals surface area (Å²) in [6.07, 6.45) is 1.94. The van der Waals surface area contributed by atoms with E-state index in [4.69, 9.17) is 9.47 Å². The molecule has 0 bridgehead atoms. The predicted octanol–water partition coefficient (Wildman–Crippen LogP) is 4.75. The third-order valence-electron chi connectivity index (χ3n) is 5.78. The van der Waals surface area contributed by atoms with Gasteiger partial charge in [0.2, 0.25) is 0 Å². The molecule has 5 rings (SSSR count). The smallest absolute Gasteiger partial charge is 0.263 e. The van der Waals surface area contributed by atoms with Crippen LogP contribution in [0.3, 0.4) is 0 Å². The highest BCUT2D eigenvalue weighted by atomic mass is 16.5. The van der Waals surface area contributed by atoms with Gasteiger partial charge in [-0.1, -0.05) is 36.4 Å². The first kappa shape index (κ1) is 19.4. The highest BCUT2D eigenvalue weighted by molar-refractivity contribution is 6.38. The molecule has 0 radical (unpaired) electrons. The lowest BCUT2D eigenvalue weighted by Gasteiger charge is -2.29. The number of amides is 1. The van der Waals surface area contributed by atoms with Crippen molar-refractivity contribution in [2.75, 3.05) is 43.2 Å². The third kappa shape index (κ3) is 3.57. The summed E-state index contributed by atoms with van der Waals surface area (Å²) in [7, 11) is 1.67. The van der Waals surface area contributed by atoms with Crippen molar-refractivity contribution >= 4 is 34.6 Å². The molecular formula is C26H24N2O3. The van der Waals surface area contributed by atoms with Gasteiger partial charge < -0.3 is 14.4 Å². The fourth-order valence-electron chi connectivity index (χ4n) is 4.21. The molecule has 0 N–H and O–H groups in total. The minimum Gasteiger partial charge on any atom is -0.496 e. The van der Waals surface area contributed by atoms with E-state index in [9.17, 15) is 4.79 Å². The minimum atomic E-state index is -0.0355. The Hall–Kier alpha value is -3.57. The maximum atomic E-state index is 13.5. The number of morpholine rings is 1. The van der Waals surface area contributed by atoms with Crippen LogP contribution in [0.1, 0.15) is 11.1 Å². The molecule has 31 heavy (non-hydrogen) atoms. The van der Waals surface area contributed by atoms with Crippen LogP contribution >= 0.6 is 0 Å². The Bertz CT molecular complexity index is 1130. The lowest BCUT2D eigenvalue weighted by atomic mass is 10.0. The van der Waals surface area contributed by atoms with Gasteiger partial charge in [-0.05, 0) is 36.4 Å². The van der Waals surface area contributed by atoms with Gasteiger partial charge >= 0.3 is 0 Å². The van der Waals surface area contributed by atoms with E-state index in [1.165, 1.54) is 0 Å². The van der Waals surface area contributed by atoms with Gasteiger partial charge in [0.1, 0.15) is 5.75 Å². The molecule has 2 aliphatic heterocycles. The molecule has 3 aromatic carbocycles. The zero-order chi connectivity index (χ0) is 21.2. The van der Waals surface area contributed by atoms with E-state index in [2.05, 4.69) is 11.0 Å². The van der Waals surface area contributed by atoms with Crippen LogP contribution in [-0.2, 0) is 9.53 Å². The number of ether oxygens (including phenoxy) is 2. The number of hydrogen-bond donors (Lipinski definition) is 0. The van der Waals surface area contributed by atoms with Crippen LogP contribution in [0.2, 0.25) is 0 Å². The van der Waals surface area contributed by atoms with Crippen LogP contribution in [0.4, 0.5) is 17.1 Å². The third-order valence-corrected chi connectivity index (χ3v) is 5.78. The molecule has 156 valence electrons. The number of methoxy groups -OCH3 is 1. The Morgan fingerprint density at radius 3 is 2.42 bits per heavy atom. The Kier molecular flexibility index (Phi) is 5.18. The Morgan fingerprint density at radius 1 is 0.903 bits per heavy atom. The lowest BCUT2D eigenvalue weighted by Crippen LogP contribution is -2.36. The molecule has 2 aliphatic rings. The molecule has 0 aliphatic carbocycles. The second kappa shape index (κ2) is 8.28. The first-order valence-corrected chi connectivity index (χ1v) is 10.5. The summed E-state index contributed by atoms with van der Waals surface area (Å²) >= 11 is 0. The highest BCUT2D eigenvalue weighted by Crippen LogP contribution is 2.42. The Morgan fingerprint density at radius 2 is 1.65 bits per heavy atom. The van der Waals surface area contributed by atoms with Gasteiger partial charge in [-0.3, -0.25) is 9.69 Å². The fraction of sp³-hybridized carbons (Fsp3) is 0.192. The Balaban J connectivity index is 1.55. The minimum absolute atomic E-state index is 0.0355. The van der Waals surface area contributed by atoms with E-state index in [0.717, 1.165) is 60.2 Å². The molecule has 5 nitrogen and oxygen atoms in total. The van der Waals surface area contributed by atoms with E-state index in [1.54, 1.807) is 12.0 Å². The second-order valence-electron chi connectivity index (χ2n) is 7.58. The normalized spacial score (nSPS) is 17.2. The molecule has 0 atom stereocenters. The van der Waals surface area contributed by atoms with Gasteiger partial charge in [-0.15, -0.1) is 0 Å². The van der Waals surface area contributed by atoms with E-state index < -0.39 is 0 Å². The van der Waals surface area contributed by atoms with Gasteiger partial charge in [0.05, 0.1) is 31.6 Å². The number of benzene rings is 3. The average molecular weight is 412 g/mol. The van der Waals surface area contributed by atoms with Crippen molar-refractivity contribution in [2.45, 2.75) is 0 Å². The fourth-order valence-corrected chi connectivity index (χ4v) is 4.21. The summed E-state index contributed by atoms with van der Waals surface area (Å²) in [5.41, 5.74) is 5.33. The number of carbonyl (C=O) groups is 1. The zero-order valence-electron chi connectivity index (χ0n) is 17.5. The second-order valence-corrected chi connectivity index (χ2v) is 7.58. The summed E-state index contributed by atoms with van der Waals surface area (Å²) in [6, 6.07) is 23.8. The molecule has 1 amide bonds. The number of hydrogen-bond acceptors (Lipinski definition) is 4. The standard InChI is InChI=1S/C26H24N2O3/c1-30-25-18-21(27-13-15-31-16-14-27)12-11-19(25)17-23-22-9-5-6-10-24(22)28(26(23)29)20-7-3-2-4-8-20/h2-12,17-18H,13-16H2,1H3/b23-17+. The molecule has 0 aromatic heterocycles. The molecule has 5 heteroatoms. The number of nitrogens with zero attached hydrogens (tertiary/aromatic N) is 2. The maximum Gasteiger partial charge on any atom is 0.263 e. The Labute approximate surface area is 182 Å². The quantitative estimate of drug-likeness (QED) is 0.580. The van der Waals surface area contributed by atoms with E-state index in [0.29, 0.717) is 5.57 Å². The molecule has 0 unspecified atom stereocenters. The monoisotopic (exact) mass is 412 g/mol. The molecule has 0 spiro atoms. The molecule has 2 heterocycles. The van der Waals surface area contributed by atoms with Gasteiger partial charge in [-0.25, -0.2) is 0 Å². The maximum absolute atomic E-state index is 13.5. The largest absolute Gasteiger partial charge is 0.496 e. The number of rotatable bonds is 4. The molecular weight excluding hydrogens is 388 g/mol. The van der Waals surface area contributed by atoms with E-state index in [-0.39, 0.29) is 5.91 Å². The van der Waals surface area contributed by atoms with Crippen LogP contribution < -0.4 is 14.5 Å². The number of fused-ring (bicyclic) bond motifs is 1. The van der Waals surface area contributed by atoms with Crippen LogP contribution in [0, 0.1) is 0 Å². The van der Waals surface area contributed by atoms with E-state index in [1.807, 2.05) is 72.8 Å². The summed E-state index contributed by atoms with van der Waals surface area (Å²) in [5, 5.41) is 0.